The highest BCUT2D eigenvalue weighted by Crippen LogP contribution is 2.27. The summed E-state index contributed by atoms with van der Waals surface area (Å²) in [5, 5.41) is 0. The molecule has 1 nitrogen and oxygen atoms in total. The van der Waals surface area contributed by atoms with E-state index in [1.165, 1.54) is 0 Å². The first-order valence-electron chi connectivity index (χ1n) is 4.88. The molecule has 1 atom stereocenters. The van der Waals surface area contributed by atoms with E-state index in [0.717, 1.165) is 6.42 Å². The molecular weight excluding hydrogens is 193 g/mol. The van der Waals surface area contributed by atoms with Gasteiger partial charge >= 0.3 is 6.36 Å². The van der Waals surface area contributed by atoms with E-state index in [1.54, 1.807) is 6.92 Å². The Kier molecular flexibility index (Phi) is 4.92. The first-order valence-corrected chi connectivity index (χ1v) is 4.88. The first kappa shape index (κ1) is 13.8. The third-order valence-electron chi connectivity index (χ3n) is 1.97. The largest absolute Gasteiger partial charge is 0.522 e. The molecule has 0 saturated heterocycles. The van der Waals surface area contributed by atoms with Gasteiger partial charge in [-0.25, -0.2) is 0 Å². The fraction of sp³-hybridized carbons (Fsp3) is 1.00. The van der Waals surface area contributed by atoms with Crippen molar-refractivity contribution in [1.29, 1.82) is 0 Å². The summed E-state index contributed by atoms with van der Waals surface area (Å²) < 4.78 is 39.7. The molecule has 0 aliphatic heterocycles. The monoisotopic (exact) mass is 212 g/mol. The lowest BCUT2D eigenvalue weighted by molar-refractivity contribution is -0.343. The van der Waals surface area contributed by atoms with Crippen molar-refractivity contribution in [3.63, 3.8) is 0 Å². The highest BCUT2D eigenvalue weighted by atomic mass is 19.4. The Morgan fingerprint density at radius 3 is 1.93 bits per heavy atom. The van der Waals surface area contributed by atoms with Gasteiger partial charge in [0.1, 0.15) is 0 Å². The Morgan fingerprint density at radius 1 is 1.14 bits per heavy atom. The Hall–Kier alpha value is -0.250. The summed E-state index contributed by atoms with van der Waals surface area (Å²) in [6.07, 6.45) is -3.61. The summed E-state index contributed by atoms with van der Waals surface area (Å²) in [4.78, 5) is 0. The standard InChI is InChI=1S/C10H19F3O/c1-5-8(14-10(11,12)13)6-7-9(2,3)4/h8H,5-7H2,1-4H3. The molecule has 0 amide bonds. The lowest BCUT2D eigenvalue weighted by atomic mass is 9.89. The minimum absolute atomic E-state index is 0.0579. The number of hydrogen-bond acceptors (Lipinski definition) is 1. The predicted molar refractivity (Wildman–Crippen MR) is 49.9 cm³/mol. The molecule has 0 radical (unpaired) electrons. The SMILES string of the molecule is CCC(CCC(C)(C)C)OC(F)(F)F. The normalized spacial score (nSPS) is 15.6. The lowest BCUT2D eigenvalue weighted by Crippen LogP contribution is -2.24. The van der Waals surface area contributed by atoms with Crippen LogP contribution in [0.25, 0.3) is 0 Å². The van der Waals surface area contributed by atoms with E-state index in [0.29, 0.717) is 12.8 Å². The number of halogens is 3. The van der Waals surface area contributed by atoms with Gasteiger partial charge in [-0.05, 0) is 24.7 Å². The zero-order chi connectivity index (χ0) is 11.4. The van der Waals surface area contributed by atoms with Crippen LogP contribution in [0.1, 0.15) is 47.0 Å². The van der Waals surface area contributed by atoms with Crippen LogP contribution in [0.2, 0.25) is 0 Å². The van der Waals surface area contributed by atoms with Crippen LogP contribution in [-0.4, -0.2) is 12.5 Å². The van der Waals surface area contributed by atoms with Crippen LogP contribution in [0.5, 0.6) is 0 Å². The van der Waals surface area contributed by atoms with E-state index >= 15 is 0 Å². The van der Waals surface area contributed by atoms with Crippen molar-refractivity contribution < 1.29 is 17.9 Å². The van der Waals surface area contributed by atoms with Crippen LogP contribution in [-0.2, 0) is 4.74 Å². The first-order chi connectivity index (χ1) is 6.14. The van der Waals surface area contributed by atoms with E-state index in [4.69, 9.17) is 0 Å². The summed E-state index contributed by atoms with van der Waals surface area (Å²) in [6.45, 7) is 7.73. The summed E-state index contributed by atoms with van der Waals surface area (Å²) in [5.74, 6) is 0. The lowest BCUT2D eigenvalue weighted by Gasteiger charge is -2.23. The smallest absolute Gasteiger partial charge is 0.289 e. The van der Waals surface area contributed by atoms with E-state index < -0.39 is 12.5 Å². The number of ether oxygens (including phenoxy) is 1. The Balaban J connectivity index is 3.93. The second kappa shape index (κ2) is 5.01. The van der Waals surface area contributed by atoms with Crippen LogP contribution in [0.15, 0.2) is 0 Å². The quantitative estimate of drug-likeness (QED) is 0.680. The second-order valence-electron chi connectivity index (χ2n) is 4.69. The molecule has 0 aliphatic rings. The van der Waals surface area contributed by atoms with Crippen LogP contribution in [0.4, 0.5) is 13.2 Å². The molecular formula is C10H19F3O. The Morgan fingerprint density at radius 2 is 1.64 bits per heavy atom. The molecule has 0 aliphatic carbocycles. The maximum Gasteiger partial charge on any atom is 0.522 e. The molecule has 0 aromatic carbocycles. The zero-order valence-electron chi connectivity index (χ0n) is 9.24. The molecule has 0 N–H and O–H groups in total. The van der Waals surface area contributed by atoms with Gasteiger partial charge < -0.3 is 0 Å². The van der Waals surface area contributed by atoms with Gasteiger partial charge in [-0.3, -0.25) is 4.74 Å². The van der Waals surface area contributed by atoms with Crippen LogP contribution >= 0.6 is 0 Å². The van der Waals surface area contributed by atoms with Gasteiger partial charge in [0, 0.05) is 0 Å². The third-order valence-corrected chi connectivity index (χ3v) is 1.97. The topological polar surface area (TPSA) is 9.23 Å². The van der Waals surface area contributed by atoms with Crippen molar-refractivity contribution in [3.8, 4) is 0 Å². The highest BCUT2D eigenvalue weighted by molar-refractivity contribution is 4.66. The third kappa shape index (κ3) is 8.35. The van der Waals surface area contributed by atoms with Crippen molar-refractivity contribution in [2.24, 2.45) is 5.41 Å². The Labute approximate surface area is 83.6 Å². The molecule has 0 spiro atoms. The number of alkyl halides is 3. The molecule has 4 heteroatoms. The molecule has 0 fully saturated rings. The molecule has 0 bridgehead atoms. The summed E-state index contributed by atoms with van der Waals surface area (Å²) >= 11 is 0. The molecule has 0 saturated carbocycles. The maximum absolute atomic E-state index is 11.9. The number of hydrogen-bond donors (Lipinski definition) is 0. The van der Waals surface area contributed by atoms with Crippen molar-refractivity contribution in [3.05, 3.63) is 0 Å². The highest BCUT2D eigenvalue weighted by Gasteiger charge is 2.33. The molecule has 14 heavy (non-hydrogen) atoms. The van der Waals surface area contributed by atoms with Gasteiger partial charge in [0.25, 0.3) is 0 Å². The van der Waals surface area contributed by atoms with Gasteiger partial charge in [0.15, 0.2) is 0 Å². The van der Waals surface area contributed by atoms with Gasteiger partial charge in [0.2, 0.25) is 0 Å². The average Bonchev–Trinajstić information content (AvgIpc) is 1.94. The Bertz CT molecular complexity index is 158. The minimum Gasteiger partial charge on any atom is -0.289 e. The summed E-state index contributed by atoms with van der Waals surface area (Å²) in [6, 6.07) is 0. The second-order valence-corrected chi connectivity index (χ2v) is 4.69. The molecule has 0 rings (SSSR count). The van der Waals surface area contributed by atoms with E-state index in [9.17, 15) is 13.2 Å². The average molecular weight is 212 g/mol. The predicted octanol–water partition coefficient (Wildman–Crippen LogP) is 4.13. The zero-order valence-corrected chi connectivity index (χ0v) is 9.24. The van der Waals surface area contributed by atoms with Crippen molar-refractivity contribution in [2.45, 2.75) is 59.4 Å². The summed E-state index contributed by atoms with van der Waals surface area (Å²) in [7, 11) is 0. The van der Waals surface area contributed by atoms with Gasteiger partial charge in [-0.2, -0.15) is 0 Å². The summed E-state index contributed by atoms with van der Waals surface area (Å²) in [5.41, 5.74) is 0.0579. The molecule has 0 aromatic rings. The van der Waals surface area contributed by atoms with Gasteiger partial charge in [0.05, 0.1) is 6.10 Å². The van der Waals surface area contributed by atoms with Crippen LogP contribution in [0.3, 0.4) is 0 Å². The maximum atomic E-state index is 11.9. The van der Waals surface area contributed by atoms with Crippen molar-refractivity contribution in [1.82, 2.24) is 0 Å². The minimum atomic E-state index is -4.50. The van der Waals surface area contributed by atoms with E-state index in [2.05, 4.69) is 4.74 Å². The fourth-order valence-corrected chi connectivity index (χ4v) is 1.13. The van der Waals surface area contributed by atoms with Crippen LogP contribution in [0, 0.1) is 5.41 Å². The molecule has 0 aromatic heterocycles. The van der Waals surface area contributed by atoms with Crippen LogP contribution < -0.4 is 0 Å². The van der Waals surface area contributed by atoms with E-state index in [1.807, 2.05) is 20.8 Å². The van der Waals surface area contributed by atoms with Gasteiger partial charge in [-0.15, -0.1) is 13.2 Å². The van der Waals surface area contributed by atoms with Crippen molar-refractivity contribution in [2.75, 3.05) is 0 Å². The van der Waals surface area contributed by atoms with Crippen molar-refractivity contribution >= 4 is 0 Å². The number of rotatable bonds is 4. The molecule has 1 unspecified atom stereocenters. The molecule has 86 valence electrons. The van der Waals surface area contributed by atoms with Gasteiger partial charge in [-0.1, -0.05) is 27.7 Å². The fourth-order valence-electron chi connectivity index (χ4n) is 1.13. The van der Waals surface area contributed by atoms with E-state index in [-0.39, 0.29) is 5.41 Å². The molecule has 0 heterocycles.